The van der Waals surface area contributed by atoms with Crippen molar-refractivity contribution in [2.45, 2.75) is 20.1 Å². The second-order valence-corrected chi connectivity index (χ2v) is 5.20. The quantitative estimate of drug-likeness (QED) is 0.899. The molecule has 18 heavy (non-hydrogen) atoms. The van der Waals surface area contributed by atoms with Crippen molar-refractivity contribution in [3.05, 3.63) is 63.6 Å². The molecule has 0 atom stereocenters. The van der Waals surface area contributed by atoms with Crippen molar-refractivity contribution in [1.82, 2.24) is 0 Å². The predicted octanol–water partition coefficient (Wildman–Crippen LogP) is 3.86. The van der Waals surface area contributed by atoms with Crippen LogP contribution in [0.1, 0.15) is 16.7 Å². The van der Waals surface area contributed by atoms with Crippen LogP contribution in [0.3, 0.4) is 0 Å². The van der Waals surface area contributed by atoms with E-state index in [1.54, 1.807) is 0 Å². The molecule has 0 aliphatic heterocycles. The van der Waals surface area contributed by atoms with Gasteiger partial charge in [0.2, 0.25) is 0 Å². The third-order valence-corrected chi connectivity index (χ3v) is 3.38. The van der Waals surface area contributed by atoms with E-state index in [0.717, 1.165) is 22.3 Å². The molecule has 3 heteroatoms. The van der Waals surface area contributed by atoms with Crippen molar-refractivity contribution < 1.29 is 5.11 Å². The van der Waals surface area contributed by atoms with Gasteiger partial charge in [0, 0.05) is 16.7 Å². The lowest BCUT2D eigenvalue weighted by atomic mass is 10.1. The van der Waals surface area contributed by atoms with Gasteiger partial charge in [0.1, 0.15) is 0 Å². The van der Waals surface area contributed by atoms with Crippen molar-refractivity contribution >= 4 is 21.6 Å². The molecule has 0 aliphatic rings. The number of aryl methyl sites for hydroxylation is 1. The van der Waals surface area contributed by atoms with Gasteiger partial charge < -0.3 is 10.4 Å². The molecule has 2 aromatic carbocycles. The normalized spacial score (nSPS) is 10.4. The zero-order valence-electron chi connectivity index (χ0n) is 10.3. The topological polar surface area (TPSA) is 32.3 Å². The van der Waals surface area contributed by atoms with Gasteiger partial charge in [-0.25, -0.2) is 0 Å². The van der Waals surface area contributed by atoms with Gasteiger partial charge in [-0.05, 0) is 35.7 Å². The Kier molecular flexibility index (Phi) is 4.39. The molecule has 0 saturated heterocycles. The highest BCUT2D eigenvalue weighted by atomic mass is 79.9. The lowest BCUT2D eigenvalue weighted by molar-refractivity contribution is 0.282. The predicted molar refractivity (Wildman–Crippen MR) is 78.6 cm³/mol. The minimum absolute atomic E-state index is 0.0957. The first-order valence-corrected chi connectivity index (χ1v) is 6.67. The molecule has 0 aromatic heterocycles. The van der Waals surface area contributed by atoms with Gasteiger partial charge >= 0.3 is 0 Å². The van der Waals surface area contributed by atoms with Gasteiger partial charge in [-0.2, -0.15) is 0 Å². The smallest absolute Gasteiger partial charge is 0.0681 e. The molecular formula is C15H16BrNO. The molecule has 2 N–H and O–H groups in total. The summed E-state index contributed by atoms with van der Waals surface area (Å²) in [5, 5.41) is 12.4. The van der Waals surface area contributed by atoms with E-state index in [9.17, 15) is 0 Å². The Morgan fingerprint density at radius 3 is 2.39 bits per heavy atom. The Balaban J connectivity index is 2.04. The van der Waals surface area contributed by atoms with Crippen molar-refractivity contribution in [3.8, 4) is 0 Å². The van der Waals surface area contributed by atoms with Crippen LogP contribution in [0.15, 0.2) is 46.9 Å². The zero-order valence-corrected chi connectivity index (χ0v) is 11.9. The molecule has 94 valence electrons. The maximum atomic E-state index is 8.98. The van der Waals surface area contributed by atoms with Crippen LogP contribution >= 0.6 is 15.9 Å². The van der Waals surface area contributed by atoms with Crippen LogP contribution in [0.25, 0.3) is 0 Å². The van der Waals surface area contributed by atoms with Crippen LogP contribution in [0.5, 0.6) is 0 Å². The third kappa shape index (κ3) is 3.34. The van der Waals surface area contributed by atoms with Crippen molar-refractivity contribution in [3.63, 3.8) is 0 Å². The molecule has 0 unspecified atom stereocenters. The zero-order chi connectivity index (χ0) is 13.0. The summed E-state index contributed by atoms with van der Waals surface area (Å²) in [6, 6.07) is 14.2. The molecule has 0 heterocycles. The lowest BCUT2D eigenvalue weighted by Gasteiger charge is -2.10. The molecule has 2 nitrogen and oxygen atoms in total. The number of benzene rings is 2. The van der Waals surface area contributed by atoms with E-state index >= 15 is 0 Å². The van der Waals surface area contributed by atoms with Gasteiger partial charge in [0.25, 0.3) is 0 Å². The van der Waals surface area contributed by atoms with E-state index in [0.29, 0.717) is 0 Å². The Bertz CT molecular complexity index is 523. The Labute approximate surface area is 116 Å². The Morgan fingerprint density at radius 2 is 1.72 bits per heavy atom. The first-order chi connectivity index (χ1) is 8.69. The summed E-state index contributed by atoms with van der Waals surface area (Å²) < 4.78 is 1.08. The van der Waals surface area contributed by atoms with E-state index in [4.69, 9.17) is 5.11 Å². The molecule has 0 fully saturated rings. The van der Waals surface area contributed by atoms with Gasteiger partial charge in [0.05, 0.1) is 6.61 Å². The molecule has 0 radical (unpaired) electrons. The molecule has 2 rings (SSSR count). The number of nitrogens with one attached hydrogen (secondary N) is 1. The summed E-state index contributed by atoms with van der Waals surface area (Å²) in [5.41, 5.74) is 4.50. The highest BCUT2D eigenvalue weighted by molar-refractivity contribution is 9.10. The van der Waals surface area contributed by atoms with Gasteiger partial charge in [-0.1, -0.05) is 46.3 Å². The SMILES string of the molecule is Cc1ccc(Br)cc1NCc1ccc(CO)cc1. The average molecular weight is 306 g/mol. The van der Waals surface area contributed by atoms with Crippen LogP contribution in [-0.2, 0) is 13.2 Å². The van der Waals surface area contributed by atoms with Gasteiger partial charge in [-0.15, -0.1) is 0 Å². The number of anilines is 1. The standard InChI is InChI=1S/C15H16BrNO/c1-11-2-7-14(16)8-15(11)17-9-12-3-5-13(10-18)6-4-12/h2-8,17-18H,9-10H2,1H3. The van der Waals surface area contributed by atoms with E-state index < -0.39 is 0 Å². The largest absolute Gasteiger partial charge is 0.392 e. The second kappa shape index (κ2) is 6.03. The van der Waals surface area contributed by atoms with E-state index in [-0.39, 0.29) is 6.61 Å². The fourth-order valence-electron chi connectivity index (χ4n) is 1.74. The number of aliphatic hydroxyl groups excluding tert-OH is 1. The number of rotatable bonds is 4. The van der Waals surface area contributed by atoms with E-state index in [2.05, 4.69) is 40.3 Å². The van der Waals surface area contributed by atoms with Crippen LogP contribution in [0, 0.1) is 6.92 Å². The Hall–Kier alpha value is -1.32. The summed E-state index contributed by atoms with van der Waals surface area (Å²) in [6.07, 6.45) is 0. The molecule has 0 saturated carbocycles. The summed E-state index contributed by atoms with van der Waals surface area (Å²) >= 11 is 3.47. The van der Waals surface area contributed by atoms with Crippen LogP contribution in [0.4, 0.5) is 5.69 Å². The third-order valence-electron chi connectivity index (χ3n) is 2.89. The first kappa shape index (κ1) is 13.1. The maximum Gasteiger partial charge on any atom is 0.0681 e. The molecule has 2 aromatic rings. The summed E-state index contributed by atoms with van der Waals surface area (Å²) in [6.45, 7) is 2.96. The fourth-order valence-corrected chi connectivity index (χ4v) is 2.11. The summed E-state index contributed by atoms with van der Waals surface area (Å²) in [7, 11) is 0. The minimum Gasteiger partial charge on any atom is -0.392 e. The van der Waals surface area contributed by atoms with Crippen molar-refractivity contribution in [1.29, 1.82) is 0 Å². The van der Waals surface area contributed by atoms with Crippen LogP contribution < -0.4 is 5.32 Å². The highest BCUT2D eigenvalue weighted by Gasteiger charge is 1.99. The molecule has 0 aliphatic carbocycles. The van der Waals surface area contributed by atoms with Crippen LogP contribution in [-0.4, -0.2) is 5.11 Å². The molecular weight excluding hydrogens is 290 g/mol. The average Bonchev–Trinajstić information content (AvgIpc) is 2.40. The Morgan fingerprint density at radius 1 is 1.06 bits per heavy atom. The maximum absolute atomic E-state index is 8.98. The molecule has 0 spiro atoms. The molecule has 0 bridgehead atoms. The summed E-state index contributed by atoms with van der Waals surface area (Å²) in [5.74, 6) is 0. The number of halogens is 1. The first-order valence-electron chi connectivity index (χ1n) is 5.88. The number of hydrogen-bond donors (Lipinski definition) is 2. The highest BCUT2D eigenvalue weighted by Crippen LogP contribution is 2.21. The van der Waals surface area contributed by atoms with Crippen molar-refractivity contribution in [2.75, 3.05) is 5.32 Å². The van der Waals surface area contributed by atoms with Gasteiger partial charge in [-0.3, -0.25) is 0 Å². The van der Waals surface area contributed by atoms with E-state index in [1.807, 2.05) is 30.3 Å². The van der Waals surface area contributed by atoms with E-state index in [1.165, 1.54) is 11.1 Å². The van der Waals surface area contributed by atoms with Gasteiger partial charge in [0.15, 0.2) is 0 Å². The van der Waals surface area contributed by atoms with Crippen molar-refractivity contribution in [2.24, 2.45) is 0 Å². The van der Waals surface area contributed by atoms with Crippen LogP contribution in [0.2, 0.25) is 0 Å². The fraction of sp³-hybridized carbons (Fsp3) is 0.200. The second-order valence-electron chi connectivity index (χ2n) is 4.29. The molecule has 0 amide bonds. The number of hydrogen-bond acceptors (Lipinski definition) is 2. The summed E-state index contributed by atoms with van der Waals surface area (Å²) in [4.78, 5) is 0. The lowest BCUT2D eigenvalue weighted by Crippen LogP contribution is -2.01. The monoisotopic (exact) mass is 305 g/mol. The number of aliphatic hydroxyl groups is 1. The minimum atomic E-state index is 0.0957.